The van der Waals surface area contributed by atoms with E-state index in [0.29, 0.717) is 31.5 Å². The summed E-state index contributed by atoms with van der Waals surface area (Å²) < 4.78 is -0.375. The molecule has 0 aliphatic heterocycles. The van der Waals surface area contributed by atoms with Gasteiger partial charge in [0.2, 0.25) is 5.91 Å². The number of aliphatic hydroxyl groups excluding tert-OH is 2. The van der Waals surface area contributed by atoms with Gasteiger partial charge in [0.1, 0.15) is 0 Å². The molecule has 0 aromatic carbocycles. The van der Waals surface area contributed by atoms with Crippen LogP contribution in [-0.2, 0) is 4.79 Å². The second kappa shape index (κ2) is 29.1. The van der Waals surface area contributed by atoms with Crippen LogP contribution in [0.2, 0.25) is 0 Å². The maximum atomic E-state index is 12.8. The van der Waals surface area contributed by atoms with Crippen molar-refractivity contribution in [3.05, 3.63) is 103 Å². The SMILES string of the molecule is CC/C=C\C/C=C\C/C=C\C/C=C\C/C=C\C/C=C\CCC(=O)NCCSSC(C)(C)C(CNCC(O)CO)NC(=O)c1cccnc1. The van der Waals surface area contributed by atoms with Crippen LogP contribution in [0.3, 0.4) is 0 Å². The molecule has 0 saturated heterocycles. The molecule has 1 heterocycles. The fraction of sp³-hybridized carbons (Fsp3) is 0.500. The Balaban J connectivity index is 2.23. The first-order valence-corrected chi connectivity index (χ1v) is 19.3. The van der Waals surface area contributed by atoms with Crippen LogP contribution in [0.25, 0.3) is 0 Å². The topological polar surface area (TPSA) is 124 Å². The molecular formula is C38H58N4O4S2. The van der Waals surface area contributed by atoms with Crippen LogP contribution in [0, 0.1) is 0 Å². The van der Waals surface area contributed by atoms with Crippen LogP contribution in [-0.4, -0.2) is 75.9 Å². The molecule has 1 aromatic rings. The minimum atomic E-state index is -0.868. The van der Waals surface area contributed by atoms with E-state index in [4.69, 9.17) is 5.11 Å². The van der Waals surface area contributed by atoms with Gasteiger partial charge in [0.25, 0.3) is 5.91 Å². The Labute approximate surface area is 297 Å². The molecular weight excluding hydrogens is 641 g/mol. The van der Waals surface area contributed by atoms with E-state index in [1.165, 1.54) is 6.20 Å². The lowest BCUT2D eigenvalue weighted by Gasteiger charge is -2.34. The Morgan fingerprint density at radius 1 is 0.896 bits per heavy atom. The zero-order valence-corrected chi connectivity index (χ0v) is 30.7. The molecule has 2 atom stereocenters. The molecule has 0 fully saturated rings. The third-order valence-electron chi connectivity index (χ3n) is 6.92. The fourth-order valence-corrected chi connectivity index (χ4v) is 6.68. The van der Waals surface area contributed by atoms with Gasteiger partial charge in [-0.05, 0) is 70.9 Å². The first-order valence-electron chi connectivity index (χ1n) is 17.0. The van der Waals surface area contributed by atoms with Gasteiger partial charge in [-0.3, -0.25) is 14.6 Å². The van der Waals surface area contributed by atoms with E-state index < -0.39 is 6.10 Å². The average molecular weight is 699 g/mol. The van der Waals surface area contributed by atoms with E-state index in [1.54, 1.807) is 39.9 Å². The number of aliphatic hydroxyl groups is 2. The number of allylic oxidation sites excluding steroid dienone is 12. The Kier molecular flexibility index (Phi) is 26.1. The first kappa shape index (κ1) is 43.1. The standard InChI is InChI=1S/C38H58N4O4S2/c1-4-5-6-7-8-9-10-11-12-13-14-15-16-17-18-19-20-21-22-25-36(45)41-27-28-47-48-38(2,3)35(31-40-30-34(44)32-43)42-37(46)33-24-23-26-39-29-33/h5-6,8-9,11-12,14-15,17-18,20-21,23-24,26,29,34-35,40,43-44H,4,7,10,13,16,19,22,25,27-28,30-32H2,1-3H3,(H,41,45)(H,42,46)/b6-5-,9-8-,12-11-,15-14-,18-17-,21-20-. The second-order valence-corrected chi connectivity index (χ2v) is 14.6. The summed E-state index contributed by atoms with van der Waals surface area (Å²) in [5.41, 5.74) is 0.470. The number of nitrogens with one attached hydrogen (secondary N) is 3. The lowest BCUT2D eigenvalue weighted by atomic mass is 10.0. The molecule has 8 nitrogen and oxygen atoms in total. The molecule has 0 spiro atoms. The van der Waals surface area contributed by atoms with E-state index >= 15 is 0 Å². The third-order valence-corrected chi connectivity index (χ3v) is 10.3. The Hall–Kier alpha value is -2.89. The summed E-state index contributed by atoms with van der Waals surface area (Å²) in [5, 5.41) is 28.0. The predicted molar refractivity (Wildman–Crippen MR) is 206 cm³/mol. The van der Waals surface area contributed by atoms with E-state index in [9.17, 15) is 14.7 Å². The highest BCUT2D eigenvalue weighted by molar-refractivity contribution is 8.77. The second-order valence-electron chi connectivity index (χ2n) is 11.6. The largest absolute Gasteiger partial charge is 0.394 e. The highest BCUT2D eigenvalue weighted by Crippen LogP contribution is 2.38. The lowest BCUT2D eigenvalue weighted by Crippen LogP contribution is -2.53. The number of carbonyl (C=O) groups is 2. The van der Waals surface area contributed by atoms with Crippen molar-refractivity contribution in [3.63, 3.8) is 0 Å². The average Bonchev–Trinajstić information content (AvgIpc) is 3.08. The summed E-state index contributed by atoms with van der Waals surface area (Å²) in [6, 6.07) is 3.15. The molecule has 0 bridgehead atoms. The lowest BCUT2D eigenvalue weighted by molar-refractivity contribution is -0.120. The molecule has 1 aromatic heterocycles. The fourth-order valence-electron chi connectivity index (χ4n) is 4.09. The van der Waals surface area contributed by atoms with Crippen molar-refractivity contribution in [1.29, 1.82) is 0 Å². The van der Waals surface area contributed by atoms with Crippen LogP contribution in [0.15, 0.2) is 97.4 Å². The van der Waals surface area contributed by atoms with E-state index in [0.717, 1.165) is 44.3 Å². The van der Waals surface area contributed by atoms with Gasteiger partial charge in [0.15, 0.2) is 0 Å². The monoisotopic (exact) mass is 698 g/mol. The van der Waals surface area contributed by atoms with Crippen molar-refractivity contribution in [2.45, 2.75) is 89.0 Å². The van der Waals surface area contributed by atoms with Crippen LogP contribution < -0.4 is 16.0 Å². The molecule has 0 radical (unpaired) electrons. The Morgan fingerprint density at radius 3 is 2.02 bits per heavy atom. The van der Waals surface area contributed by atoms with Gasteiger partial charge in [-0.1, -0.05) is 101 Å². The number of pyridine rings is 1. The summed E-state index contributed by atoms with van der Waals surface area (Å²) >= 11 is 0. The van der Waals surface area contributed by atoms with E-state index in [1.807, 2.05) is 13.8 Å². The smallest absolute Gasteiger partial charge is 0.253 e. The number of amides is 2. The maximum absolute atomic E-state index is 12.8. The number of hydrogen-bond donors (Lipinski definition) is 5. The molecule has 48 heavy (non-hydrogen) atoms. The zero-order valence-electron chi connectivity index (χ0n) is 29.1. The third kappa shape index (κ3) is 23.4. The quantitative estimate of drug-likeness (QED) is 0.0383. The van der Waals surface area contributed by atoms with Crippen LogP contribution in [0.5, 0.6) is 0 Å². The van der Waals surface area contributed by atoms with Gasteiger partial charge in [-0.25, -0.2) is 0 Å². The van der Waals surface area contributed by atoms with E-state index in [2.05, 4.69) is 101 Å². The normalized spacial score (nSPS) is 13.9. The number of rotatable bonds is 27. The molecule has 2 amide bonds. The van der Waals surface area contributed by atoms with Gasteiger partial charge < -0.3 is 26.2 Å². The molecule has 5 N–H and O–H groups in total. The minimum Gasteiger partial charge on any atom is -0.394 e. The number of nitrogens with zero attached hydrogens (tertiary/aromatic N) is 1. The summed E-state index contributed by atoms with van der Waals surface area (Å²) in [7, 11) is 3.27. The van der Waals surface area contributed by atoms with Crippen molar-refractivity contribution in [1.82, 2.24) is 20.9 Å². The molecule has 10 heteroatoms. The van der Waals surface area contributed by atoms with Crippen molar-refractivity contribution in [2.24, 2.45) is 0 Å². The molecule has 0 aliphatic rings. The number of aromatic nitrogens is 1. The summed E-state index contributed by atoms with van der Waals surface area (Å²) in [4.78, 5) is 29.1. The minimum absolute atomic E-state index is 0.0349. The molecule has 1 rings (SSSR count). The van der Waals surface area contributed by atoms with Gasteiger partial charge >= 0.3 is 0 Å². The van der Waals surface area contributed by atoms with Crippen LogP contribution >= 0.6 is 21.6 Å². The van der Waals surface area contributed by atoms with Gasteiger partial charge in [0.05, 0.1) is 24.3 Å². The molecule has 0 aliphatic carbocycles. The highest BCUT2D eigenvalue weighted by Gasteiger charge is 2.32. The van der Waals surface area contributed by atoms with Crippen molar-refractivity contribution in [2.75, 3.05) is 32.0 Å². The number of carbonyl (C=O) groups excluding carboxylic acids is 2. The molecule has 2 unspecified atom stereocenters. The Morgan fingerprint density at radius 2 is 1.48 bits per heavy atom. The van der Waals surface area contributed by atoms with Crippen LogP contribution in [0.1, 0.15) is 82.5 Å². The van der Waals surface area contributed by atoms with Crippen molar-refractivity contribution in [3.8, 4) is 0 Å². The predicted octanol–water partition coefficient (Wildman–Crippen LogP) is 6.88. The van der Waals surface area contributed by atoms with Gasteiger partial charge in [0, 0.05) is 48.9 Å². The summed E-state index contributed by atoms with van der Waals surface area (Å²) in [5.74, 6) is 0.530. The maximum Gasteiger partial charge on any atom is 0.253 e. The molecule has 266 valence electrons. The number of hydrogen-bond acceptors (Lipinski definition) is 8. The Bertz CT molecular complexity index is 1170. The molecule has 0 saturated carbocycles. The summed E-state index contributed by atoms with van der Waals surface area (Å²) in [6.45, 7) is 7.10. The highest BCUT2D eigenvalue weighted by atomic mass is 33.1. The van der Waals surface area contributed by atoms with E-state index in [-0.39, 0.29) is 35.8 Å². The zero-order chi connectivity index (χ0) is 35.1. The van der Waals surface area contributed by atoms with Crippen molar-refractivity contribution >= 4 is 33.4 Å². The van der Waals surface area contributed by atoms with Crippen LogP contribution in [0.4, 0.5) is 0 Å². The first-order chi connectivity index (χ1) is 23.3. The van der Waals surface area contributed by atoms with Gasteiger partial charge in [-0.15, -0.1) is 0 Å². The van der Waals surface area contributed by atoms with Crippen molar-refractivity contribution < 1.29 is 19.8 Å². The van der Waals surface area contributed by atoms with Gasteiger partial charge in [-0.2, -0.15) is 0 Å². The summed E-state index contributed by atoms with van der Waals surface area (Å²) in [6.07, 6.45) is 35.3.